The normalized spacial score (nSPS) is 40.5. The molecule has 2 nitrogen and oxygen atoms in total. The number of alkyl halides is 1. The van der Waals surface area contributed by atoms with Crippen LogP contribution in [0.1, 0.15) is 119 Å². The van der Waals surface area contributed by atoms with E-state index in [0.29, 0.717) is 10.8 Å². The molecule has 4 rings (SSSR count). The summed E-state index contributed by atoms with van der Waals surface area (Å²) in [7, 11) is 0. The molecule has 4 aliphatic carbocycles. The highest BCUT2D eigenvalue weighted by Gasteiger charge is 2.59. The lowest BCUT2D eigenvalue weighted by Crippen LogP contribution is -2.51. The fraction of sp³-hybridized carbons (Fsp3) is 0.906. The molecule has 0 heterocycles. The Hall–Kier alpha value is -0.310. The van der Waals surface area contributed by atoms with Gasteiger partial charge in [-0.25, -0.2) is 0 Å². The van der Waals surface area contributed by atoms with Gasteiger partial charge in [0.05, 0.1) is 0 Å². The van der Waals surface area contributed by atoms with Crippen molar-refractivity contribution in [2.45, 2.75) is 130 Å². The van der Waals surface area contributed by atoms with Crippen molar-refractivity contribution < 1.29 is 9.53 Å². The van der Waals surface area contributed by atoms with E-state index < -0.39 is 0 Å². The molecule has 0 saturated heterocycles. The summed E-state index contributed by atoms with van der Waals surface area (Å²) in [6.45, 7) is 16.7. The van der Waals surface area contributed by atoms with Crippen LogP contribution in [-0.2, 0) is 9.53 Å². The van der Waals surface area contributed by atoms with Gasteiger partial charge in [0, 0.05) is 6.42 Å². The van der Waals surface area contributed by atoms with E-state index in [1.165, 1.54) is 57.8 Å². The van der Waals surface area contributed by atoms with Crippen LogP contribution in [0.25, 0.3) is 0 Å². The van der Waals surface area contributed by atoms with Crippen molar-refractivity contribution in [3.8, 4) is 0 Å². The second-order valence-electron chi connectivity index (χ2n) is 14.2. The summed E-state index contributed by atoms with van der Waals surface area (Å²) >= 11 is 3.54. The fourth-order valence-electron chi connectivity index (χ4n) is 9.25. The third-order valence-electron chi connectivity index (χ3n) is 11.4. The minimum Gasteiger partial charge on any atom is -0.461 e. The SMILES string of the molecule is CC(C)CCC[C@@H](C)[C@@H]1CC[C@@H]2[C@H]3CC=C4C[C@@H](OC(=O)[C@@H](Br)C(C)C)CC[C@]4(C)[C@@H]3CC[C@@]21C. The van der Waals surface area contributed by atoms with Crippen molar-refractivity contribution in [1.29, 1.82) is 0 Å². The van der Waals surface area contributed by atoms with Crippen LogP contribution in [0.3, 0.4) is 0 Å². The van der Waals surface area contributed by atoms with Crippen LogP contribution in [0.5, 0.6) is 0 Å². The van der Waals surface area contributed by atoms with Crippen LogP contribution in [0.4, 0.5) is 0 Å². The van der Waals surface area contributed by atoms with Crippen molar-refractivity contribution >= 4 is 21.9 Å². The summed E-state index contributed by atoms with van der Waals surface area (Å²) in [6, 6.07) is 0. The van der Waals surface area contributed by atoms with Gasteiger partial charge in [-0.1, -0.05) is 95.3 Å². The molecule has 4 aliphatic rings. The molecule has 3 fully saturated rings. The number of carbonyl (C=O) groups excluding carboxylic acids is 1. The third kappa shape index (κ3) is 5.33. The van der Waals surface area contributed by atoms with Gasteiger partial charge in [-0.2, -0.15) is 0 Å². The van der Waals surface area contributed by atoms with Gasteiger partial charge < -0.3 is 4.74 Å². The number of ether oxygens (including phenoxy) is 1. The van der Waals surface area contributed by atoms with E-state index in [1.807, 2.05) is 0 Å². The molecular formula is C32H53BrO2. The summed E-state index contributed by atoms with van der Waals surface area (Å²) in [4.78, 5) is 12.4. The molecule has 3 heteroatoms. The maximum absolute atomic E-state index is 12.6. The molecular weight excluding hydrogens is 496 g/mol. The second-order valence-corrected chi connectivity index (χ2v) is 15.2. The maximum atomic E-state index is 12.6. The molecule has 0 unspecified atom stereocenters. The molecule has 0 amide bonds. The van der Waals surface area contributed by atoms with E-state index in [4.69, 9.17) is 4.74 Å². The van der Waals surface area contributed by atoms with Crippen molar-refractivity contribution in [3.63, 3.8) is 0 Å². The minimum atomic E-state index is -0.195. The van der Waals surface area contributed by atoms with Crippen molar-refractivity contribution in [1.82, 2.24) is 0 Å². The molecule has 0 spiro atoms. The standard InChI is InChI=1S/C32H53BrO2/c1-20(2)9-8-10-22(5)26-13-14-27-25-12-11-23-19-24(35-30(34)29(33)21(3)4)15-17-31(23,6)28(25)16-18-32(26,27)7/h11,20-22,24-29H,8-10,12-19H2,1-7H3/t22-,24+,25-,26+,27-,28-,29+,31+,32-/m1/s1. The number of hydrogen-bond acceptors (Lipinski definition) is 2. The lowest BCUT2D eigenvalue weighted by Gasteiger charge is -2.58. The van der Waals surface area contributed by atoms with Crippen LogP contribution in [0.2, 0.25) is 0 Å². The third-order valence-corrected chi connectivity index (χ3v) is 12.8. The predicted octanol–water partition coefficient (Wildman–Crippen LogP) is 9.36. The first-order chi connectivity index (χ1) is 16.5. The van der Waals surface area contributed by atoms with Crippen LogP contribution in [0, 0.1) is 52.3 Å². The Morgan fingerprint density at radius 3 is 2.46 bits per heavy atom. The molecule has 0 aromatic carbocycles. The molecule has 200 valence electrons. The maximum Gasteiger partial charge on any atom is 0.320 e. The fourth-order valence-corrected chi connectivity index (χ4v) is 9.36. The molecule has 35 heavy (non-hydrogen) atoms. The van der Waals surface area contributed by atoms with Gasteiger partial charge in [-0.15, -0.1) is 0 Å². The molecule has 0 aromatic heterocycles. The average molecular weight is 550 g/mol. The van der Waals surface area contributed by atoms with E-state index in [1.54, 1.807) is 5.57 Å². The Balaban J connectivity index is 1.43. The number of halogens is 1. The number of fused-ring (bicyclic) bond motifs is 5. The summed E-state index contributed by atoms with van der Waals surface area (Å²) < 4.78 is 5.99. The molecule has 9 atom stereocenters. The van der Waals surface area contributed by atoms with Gasteiger partial charge >= 0.3 is 5.97 Å². The largest absolute Gasteiger partial charge is 0.461 e. The Morgan fingerprint density at radius 1 is 1.03 bits per heavy atom. The highest BCUT2D eigenvalue weighted by Crippen LogP contribution is 2.67. The highest BCUT2D eigenvalue weighted by molar-refractivity contribution is 9.10. The van der Waals surface area contributed by atoms with Crippen LogP contribution in [0.15, 0.2) is 11.6 Å². The first kappa shape index (κ1) is 27.7. The number of carbonyl (C=O) groups is 1. The molecule has 0 aliphatic heterocycles. The number of rotatable bonds is 8. The Bertz CT molecular complexity index is 786. The second kappa shape index (κ2) is 10.8. The molecule has 3 saturated carbocycles. The lowest BCUT2D eigenvalue weighted by atomic mass is 9.47. The van der Waals surface area contributed by atoms with Gasteiger partial charge in [0.15, 0.2) is 0 Å². The van der Waals surface area contributed by atoms with Crippen LogP contribution in [-0.4, -0.2) is 16.9 Å². The van der Waals surface area contributed by atoms with Crippen LogP contribution >= 0.6 is 15.9 Å². The highest BCUT2D eigenvalue weighted by atomic mass is 79.9. The van der Waals surface area contributed by atoms with E-state index in [9.17, 15) is 4.79 Å². The number of allylic oxidation sites excluding steroid dienone is 1. The molecule has 0 N–H and O–H groups in total. The van der Waals surface area contributed by atoms with Gasteiger partial charge in [-0.05, 0) is 97.2 Å². The quantitative estimate of drug-likeness (QED) is 0.171. The Kier molecular flexibility index (Phi) is 8.57. The van der Waals surface area contributed by atoms with Crippen molar-refractivity contribution in [2.24, 2.45) is 52.3 Å². The zero-order valence-electron chi connectivity index (χ0n) is 23.7. The monoisotopic (exact) mass is 548 g/mol. The molecule has 0 radical (unpaired) electrons. The van der Waals surface area contributed by atoms with Gasteiger partial charge in [-0.3, -0.25) is 4.79 Å². The van der Waals surface area contributed by atoms with Gasteiger partial charge in [0.1, 0.15) is 10.9 Å². The Morgan fingerprint density at radius 2 is 1.77 bits per heavy atom. The first-order valence-electron chi connectivity index (χ1n) is 15.0. The number of esters is 1. The van der Waals surface area contributed by atoms with Gasteiger partial charge in [0.2, 0.25) is 0 Å². The number of hydrogen-bond donors (Lipinski definition) is 0. The van der Waals surface area contributed by atoms with Crippen molar-refractivity contribution in [2.75, 3.05) is 0 Å². The molecule has 0 bridgehead atoms. The Labute approximate surface area is 224 Å². The molecule has 0 aromatic rings. The summed E-state index contributed by atoms with van der Waals surface area (Å²) in [5.74, 6) is 5.42. The predicted molar refractivity (Wildman–Crippen MR) is 150 cm³/mol. The topological polar surface area (TPSA) is 26.3 Å². The average Bonchev–Trinajstić information content (AvgIpc) is 3.15. The minimum absolute atomic E-state index is 0.0635. The summed E-state index contributed by atoms with van der Waals surface area (Å²) in [5, 5.41) is 0. The lowest BCUT2D eigenvalue weighted by molar-refractivity contribution is -0.151. The van der Waals surface area contributed by atoms with E-state index in [-0.39, 0.29) is 22.8 Å². The zero-order chi connectivity index (χ0) is 25.5. The first-order valence-corrected chi connectivity index (χ1v) is 15.9. The van der Waals surface area contributed by atoms with E-state index in [2.05, 4.69) is 70.5 Å². The smallest absolute Gasteiger partial charge is 0.320 e. The van der Waals surface area contributed by atoms with Crippen LogP contribution < -0.4 is 0 Å². The summed E-state index contributed by atoms with van der Waals surface area (Å²) in [6.07, 6.45) is 17.1. The van der Waals surface area contributed by atoms with Gasteiger partial charge in [0.25, 0.3) is 0 Å². The van der Waals surface area contributed by atoms with Crippen molar-refractivity contribution in [3.05, 3.63) is 11.6 Å². The summed E-state index contributed by atoms with van der Waals surface area (Å²) in [5.41, 5.74) is 2.48. The van der Waals surface area contributed by atoms with E-state index in [0.717, 1.165) is 48.3 Å². The zero-order valence-corrected chi connectivity index (χ0v) is 25.3. The van der Waals surface area contributed by atoms with E-state index >= 15 is 0 Å².